The summed E-state index contributed by atoms with van der Waals surface area (Å²) >= 11 is 5.76. The first-order valence-electron chi connectivity index (χ1n) is 6.44. The van der Waals surface area contributed by atoms with Gasteiger partial charge in [0.1, 0.15) is 0 Å². The van der Waals surface area contributed by atoms with Crippen molar-refractivity contribution < 1.29 is 29.3 Å². The van der Waals surface area contributed by atoms with Crippen molar-refractivity contribution in [3.8, 4) is 0 Å². The lowest BCUT2D eigenvalue weighted by Crippen LogP contribution is -2.60. The molecule has 8 heteroatoms. The quantitative estimate of drug-likeness (QED) is 0.457. The Hall–Kier alpha value is -1.34. The number of carbonyl (C=O) groups excluding carboxylic acids is 1. The molecule has 0 heterocycles. The Labute approximate surface area is 128 Å². The maximum atomic E-state index is 11.3. The smallest absolute Gasteiger partial charge is 0.341 e. The maximum Gasteiger partial charge on any atom is 0.341 e. The minimum atomic E-state index is -2.38. The zero-order valence-electron chi connectivity index (χ0n) is 12.6. The second-order valence-electron chi connectivity index (χ2n) is 5.74. The average Bonchev–Trinajstić information content (AvgIpc) is 2.29. The largest absolute Gasteiger partial charge is 0.479 e. The monoisotopic (exact) mass is 323 g/mol. The molecule has 0 aromatic heterocycles. The Morgan fingerprint density at radius 2 is 1.67 bits per heavy atom. The summed E-state index contributed by atoms with van der Waals surface area (Å²) in [5.41, 5.74) is -2.87. The molecule has 1 atom stereocenters. The summed E-state index contributed by atoms with van der Waals surface area (Å²) in [6.07, 6.45) is -0.761. The molecule has 0 saturated heterocycles. The summed E-state index contributed by atoms with van der Waals surface area (Å²) in [6, 6.07) is 0. The summed E-state index contributed by atoms with van der Waals surface area (Å²) in [4.78, 5) is 33.7. The fraction of sp³-hybridized carbons (Fsp3) is 0.769. The van der Waals surface area contributed by atoms with Crippen molar-refractivity contribution in [3.63, 3.8) is 0 Å². The first-order chi connectivity index (χ1) is 9.44. The van der Waals surface area contributed by atoms with Crippen molar-refractivity contribution >= 4 is 29.4 Å². The Morgan fingerprint density at radius 1 is 1.19 bits per heavy atom. The SMILES string of the molecule is CC(=O)NC(CCC(CCl)OC(C)(C)C)(C(=O)O)C(=O)O. The number of carbonyl (C=O) groups is 3. The van der Waals surface area contributed by atoms with E-state index < -0.39 is 35.1 Å². The van der Waals surface area contributed by atoms with Gasteiger partial charge in [-0.2, -0.15) is 0 Å². The lowest BCUT2D eigenvalue weighted by atomic mass is 9.91. The molecule has 21 heavy (non-hydrogen) atoms. The molecule has 1 unspecified atom stereocenters. The second-order valence-corrected chi connectivity index (χ2v) is 6.05. The topological polar surface area (TPSA) is 113 Å². The lowest BCUT2D eigenvalue weighted by Gasteiger charge is -2.30. The van der Waals surface area contributed by atoms with E-state index in [0.717, 1.165) is 6.92 Å². The van der Waals surface area contributed by atoms with Gasteiger partial charge in [0, 0.05) is 12.8 Å². The van der Waals surface area contributed by atoms with E-state index in [-0.39, 0.29) is 18.7 Å². The van der Waals surface area contributed by atoms with Crippen LogP contribution in [0.15, 0.2) is 0 Å². The van der Waals surface area contributed by atoms with Gasteiger partial charge >= 0.3 is 11.9 Å². The third kappa shape index (κ3) is 6.31. The van der Waals surface area contributed by atoms with E-state index in [1.54, 1.807) is 0 Å². The van der Waals surface area contributed by atoms with Crippen LogP contribution >= 0.6 is 11.6 Å². The molecule has 3 N–H and O–H groups in total. The molecule has 0 fully saturated rings. The third-order valence-corrected chi connectivity index (χ3v) is 3.00. The molecule has 0 saturated carbocycles. The zero-order chi connectivity index (χ0) is 16.8. The fourth-order valence-corrected chi connectivity index (χ4v) is 2.04. The third-order valence-electron chi connectivity index (χ3n) is 2.65. The van der Waals surface area contributed by atoms with Gasteiger partial charge in [0.05, 0.1) is 11.7 Å². The maximum absolute atomic E-state index is 11.3. The highest BCUT2D eigenvalue weighted by atomic mass is 35.5. The summed E-state index contributed by atoms with van der Waals surface area (Å²) in [5.74, 6) is -3.91. The van der Waals surface area contributed by atoms with Gasteiger partial charge in [0.2, 0.25) is 11.4 Å². The van der Waals surface area contributed by atoms with Crippen molar-refractivity contribution in [2.75, 3.05) is 5.88 Å². The molecule has 0 spiro atoms. The Kier molecular flexibility index (Phi) is 7.12. The van der Waals surface area contributed by atoms with Crippen molar-refractivity contribution in [2.24, 2.45) is 0 Å². The summed E-state index contributed by atoms with van der Waals surface area (Å²) in [5, 5.41) is 20.4. The standard InChI is InChI=1S/C13H22ClNO6/c1-8(16)15-13(10(17)18,11(19)20)6-5-9(7-14)21-12(2,3)4/h9H,5-7H2,1-4H3,(H,15,16)(H,17,18)(H,19,20). The van der Waals surface area contributed by atoms with E-state index in [4.69, 9.17) is 16.3 Å². The highest BCUT2D eigenvalue weighted by Gasteiger charge is 2.47. The molecule has 0 radical (unpaired) electrons. The van der Waals surface area contributed by atoms with Crippen LogP contribution in [0.4, 0.5) is 0 Å². The molecule has 0 bridgehead atoms. The predicted molar refractivity (Wildman–Crippen MR) is 76.4 cm³/mol. The van der Waals surface area contributed by atoms with Crippen LogP contribution < -0.4 is 5.32 Å². The lowest BCUT2D eigenvalue weighted by molar-refractivity contribution is -0.162. The molecule has 122 valence electrons. The molecule has 0 rings (SSSR count). The predicted octanol–water partition coefficient (Wildman–Crippen LogP) is 1.23. The average molecular weight is 324 g/mol. The van der Waals surface area contributed by atoms with Crippen LogP contribution in [0.1, 0.15) is 40.5 Å². The minimum Gasteiger partial charge on any atom is -0.479 e. The van der Waals surface area contributed by atoms with Crippen molar-refractivity contribution in [1.29, 1.82) is 0 Å². The highest BCUT2D eigenvalue weighted by molar-refractivity contribution is 6.18. The summed E-state index contributed by atoms with van der Waals surface area (Å²) in [6.45, 7) is 6.48. The van der Waals surface area contributed by atoms with Gasteiger partial charge in [-0.05, 0) is 33.6 Å². The Balaban J connectivity index is 5.09. The van der Waals surface area contributed by atoms with Crippen LogP contribution in [0.2, 0.25) is 0 Å². The van der Waals surface area contributed by atoms with E-state index in [9.17, 15) is 24.6 Å². The number of carboxylic acid groups (broad SMARTS) is 2. The van der Waals surface area contributed by atoms with Gasteiger partial charge in [-0.25, -0.2) is 9.59 Å². The number of halogens is 1. The number of nitrogens with one attached hydrogen (secondary N) is 1. The van der Waals surface area contributed by atoms with Crippen molar-refractivity contribution in [2.45, 2.75) is 57.8 Å². The minimum absolute atomic E-state index is 0.0830. The number of hydrogen-bond acceptors (Lipinski definition) is 4. The van der Waals surface area contributed by atoms with E-state index in [0.29, 0.717) is 0 Å². The molecular formula is C13H22ClNO6. The molecule has 1 amide bonds. The number of amides is 1. The van der Waals surface area contributed by atoms with Crippen LogP contribution in [0.25, 0.3) is 0 Å². The van der Waals surface area contributed by atoms with E-state index in [2.05, 4.69) is 0 Å². The molecule has 0 aliphatic heterocycles. The number of hydrogen-bond donors (Lipinski definition) is 3. The van der Waals surface area contributed by atoms with Gasteiger partial charge in [-0.3, -0.25) is 4.79 Å². The number of alkyl halides is 1. The van der Waals surface area contributed by atoms with Gasteiger partial charge < -0.3 is 20.3 Å². The van der Waals surface area contributed by atoms with Gasteiger partial charge in [-0.1, -0.05) is 0 Å². The number of rotatable bonds is 8. The zero-order valence-corrected chi connectivity index (χ0v) is 13.4. The highest BCUT2D eigenvalue weighted by Crippen LogP contribution is 2.21. The Morgan fingerprint density at radius 3 is 1.95 bits per heavy atom. The van der Waals surface area contributed by atoms with Crippen LogP contribution in [-0.4, -0.2) is 51.2 Å². The van der Waals surface area contributed by atoms with E-state index >= 15 is 0 Å². The molecular weight excluding hydrogens is 302 g/mol. The van der Waals surface area contributed by atoms with Gasteiger partial charge in [-0.15, -0.1) is 11.6 Å². The number of carboxylic acids is 2. The van der Waals surface area contributed by atoms with Crippen LogP contribution in [0.5, 0.6) is 0 Å². The molecule has 0 aromatic carbocycles. The fourth-order valence-electron chi connectivity index (χ4n) is 1.82. The first kappa shape index (κ1) is 19.7. The number of aliphatic carboxylic acids is 2. The second kappa shape index (κ2) is 7.61. The van der Waals surface area contributed by atoms with Crippen LogP contribution in [0, 0.1) is 0 Å². The molecule has 0 aromatic rings. The summed E-state index contributed by atoms with van der Waals surface area (Å²) < 4.78 is 5.62. The van der Waals surface area contributed by atoms with Gasteiger partial charge in [0.15, 0.2) is 0 Å². The van der Waals surface area contributed by atoms with E-state index in [1.165, 1.54) is 0 Å². The summed E-state index contributed by atoms with van der Waals surface area (Å²) in [7, 11) is 0. The van der Waals surface area contributed by atoms with E-state index in [1.807, 2.05) is 26.1 Å². The molecule has 0 aliphatic carbocycles. The molecule has 7 nitrogen and oxygen atoms in total. The van der Waals surface area contributed by atoms with Crippen LogP contribution in [-0.2, 0) is 19.1 Å². The van der Waals surface area contributed by atoms with Crippen LogP contribution in [0.3, 0.4) is 0 Å². The van der Waals surface area contributed by atoms with Crippen molar-refractivity contribution in [3.05, 3.63) is 0 Å². The first-order valence-corrected chi connectivity index (χ1v) is 6.97. The number of ether oxygens (including phenoxy) is 1. The normalized spacial score (nSPS) is 13.6. The van der Waals surface area contributed by atoms with Gasteiger partial charge in [0.25, 0.3) is 0 Å². The molecule has 0 aliphatic rings. The Bertz CT molecular complexity index is 390. The van der Waals surface area contributed by atoms with Crippen molar-refractivity contribution in [1.82, 2.24) is 5.32 Å².